The summed E-state index contributed by atoms with van der Waals surface area (Å²) in [6.07, 6.45) is 3.19. The number of hydrogen-bond donors (Lipinski definition) is 2. The van der Waals surface area contributed by atoms with Gasteiger partial charge in [0.1, 0.15) is 23.9 Å². The Morgan fingerprint density at radius 1 is 0.979 bits per heavy atom. The second kappa shape index (κ2) is 13.0. The quantitative estimate of drug-likeness (QED) is 0.317. The molecule has 2 aliphatic heterocycles. The molecule has 244 valence electrons. The Morgan fingerprint density at radius 3 is 2.47 bits per heavy atom. The predicted molar refractivity (Wildman–Crippen MR) is 180 cm³/mol. The topological polar surface area (TPSA) is 126 Å². The van der Waals surface area contributed by atoms with Crippen LogP contribution in [0, 0.1) is 0 Å². The minimum absolute atomic E-state index is 0.100. The Bertz CT molecular complexity index is 1870. The van der Waals surface area contributed by atoms with Crippen LogP contribution in [0.5, 0.6) is 5.75 Å². The molecule has 1 fully saturated rings. The van der Waals surface area contributed by atoms with E-state index in [1.165, 1.54) is 10.8 Å². The SMILES string of the molecule is Cn1cc(-c2cccc(N3CCOc4cc(C(C)(C)C)ccc4C3=O)c2CO)cc(Nc2ccc(C(=O)N3CCOCC3)cn2)c1=O. The van der Waals surface area contributed by atoms with E-state index in [0.29, 0.717) is 84.5 Å². The van der Waals surface area contributed by atoms with E-state index in [-0.39, 0.29) is 35.1 Å². The van der Waals surface area contributed by atoms with Gasteiger partial charge in [-0.25, -0.2) is 4.98 Å². The van der Waals surface area contributed by atoms with Gasteiger partial charge in [0.2, 0.25) is 0 Å². The summed E-state index contributed by atoms with van der Waals surface area (Å²) in [6.45, 7) is 8.67. The highest BCUT2D eigenvalue weighted by atomic mass is 16.5. The molecule has 6 rings (SSSR count). The maximum Gasteiger partial charge on any atom is 0.274 e. The minimum atomic E-state index is -0.336. The first-order valence-electron chi connectivity index (χ1n) is 15.7. The lowest BCUT2D eigenvalue weighted by Crippen LogP contribution is -2.40. The van der Waals surface area contributed by atoms with E-state index in [4.69, 9.17) is 9.47 Å². The molecule has 2 aromatic heterocycles. The molecule has 0 saturated carbocycles. The number of aromatic nitrogens is 2. The van der Waals surface area contributed by atoms with Gasteiger partial charge in [0.05, 0.1) is 43.2 Å². The van der Waals surface area contributed by atoms with Crippen LogP contribution in [0.15, 0.2) is 71.8 Å². The Labute approximate surface area is 273 Å². The van der Waals surface area contributed by atoms with E-state index >= 15 is 0 Å². The fourth-order valence-corrected chi connectivity index (χ4v) is 5.90. The average molecular weight is 638 g/mol. The molecule has 47 heavy (non-hydrogen) atoms. The molecular formula is C36H39N5O6. The molecule has 2 amide bonds. The van der Waals surface area contributed by atoms with Crippen molar-refractivity contribution in [2.45, 2.75) is 32.8 Å². The van der Waals surface area contributed by atoms with E-state index in [2.05, 4.69) is 31.1 Å². The molecule has 2 aromatic carbocycles. The normalized spacial score (nSPS) is 15.1. The van der Waals surface area contributed by atoms with Crippen molar-refractivity contribution in [2.75, 3.05) is 49.7 Å². The second-order valence-electron chi connectivity index (χ2n) is 12.7. The standard InChI is InChI=1S/C36H39N5O6/c1-36(2,3)25-9-10-27-31(19-25)47-17-14-41(34(27)44)30-7-5-6-26(28(30)22-42)24-18-29(35(45)39(4)21-24)38-32-11-8-23(20-37-32)33(43)40-12-15-46-16-13-40/h5-11,18-21,42H,12-17,22H2,1-4H3,(H,37,38). The number of nitrogens with zero attached hydrogens (tertiary/aromatic N) is 4. The Hall–Kier alpha value is -5.00. The molecule has 0 spiro atoms. The molecule has 0 unspecified atom stereocenters. The van der Waals surface area contributed by atoms with Crippen molar-refractivity contribution < 1.29 is 24.2 Å². The molecule has 4 heterocycles. The molecule has 0 radical (unpaired) electrons. The van der Waals surface area contributed by atoms with Gasteiger partial charge in [-0.3, -0.25) is 14.4 Å². The van der Waals surface area contributed by atoms with Crippen molar-refractivity contribution >= 4 is 29.0 Å². The van der Waals surface area contributed by atoms with Gasteiger partial charge in [0.15, 0.2) is 0 Å². The number of aliphatic hydroxyl groups excluding tert-OH is 1. The van der Waals surface area contributed by atoms with Crippen LogP contribution in [0.4, 0.5) is 17.2 Å². The van der Waals surface area contributed by atoms with Gasteiger partial charge in [-0.1, -0.05) is 39.0 Å². The first kappa shape index (κ1) is 32.0. The molecule has 0 bridgehead atoms. The smallest absolute Gasteiger partial charge is 0.274 e. The van der Waals surface area contributed by atoms with E-state index < -0.39 is 0 Å². The van der Waals surface area contributed by atoms with Crippen LogP contribution < -0.4 is 20.5 Å². The minimum Gasteiger partial charge on any atom is -0.491 e. The third-order valence-corrected chi connectivity index (χ3v) is 8.56. The number of pyridine rings is 2. The van der Waals surface area contributed by atoms with Crippen LogP contribution >= 0.6 is 0 Å². The highest BCUT2D eigenvalue weighted by Gasteiger charge is 2.29. The van der Waals surface area contributed by atoms with E-state index in [1.54, 1.807) is 41.2 Å². The maximum absolute atomic E-state index is 13.9. The fourth-order valence-electron chi connectivity index (χ4n) is 5.90. The third-order valence-electron chi connectivity index (χ3n) is 8.56. The van der Waals surface area contributed by atoms with E-state index in [1.807, 2.05) is 36.4 Å². The molecule has 0 atom stereocenters. The summed E-state index contributed by atoms with van der Waals surface area (Å²) < 4.78 is 12.8. The molecule has 2 N–H and O–H groups in total. The number of carbonyl (C=O) groups is 2. The number of benzene rings is 2. The zero-order chi connectivity index (χ0) is 33.3. The zero-order valence-corrected chi connectivity index (χ0v) is 27.1. The Kier molecular flexibility index (Phi) is 8.85. The monoisotopic (exact) mass is 637 g/mol. The van der Waals surface area contributed by atoms with Gasteiger partial charge in [-0.05, 0) is 52.9 Å². The number of nitrogens with one attached hydrogen (secondary N) is 1. The van der Waals surface area contributed by atoms with Crippen molar-refractivity contribution in [3.8, 4) is 16.9 Å². The number of carbonyl (C=O) groups excluding carboxylic acids is 2. The van der Waals surface area contributed by atoms with E-state index in [0.717, 1.165) is 5.56 Å². The molecule has 4 aromatic rings. The van der Waals surface area contributed by atoms with Crippen LogP contribution in [0.1, 0.15) is 52.6 Å². The number of morpholine rings is 1. The van der Waals surface area contributed by atoms with Crippen LogP contribution in [0.25, 0.3) is 11.1 Å². The van der Waals surface area contributed by atoms with Crippen molar-refractivity contribution in [1.29, 1.82) is 0 Å². The number of hydrogen-bond acceptors (Lipinski definition) is 8. The first-order chi connectivity index (χ1) is 22.5. The Balaban J connectivity index is 1.30. The lowest BCUT2D eigenvalue weighted by molar-refractivity contribution is 0.0302. The highest BCUT2D eigenvalue weighted by Crippen LogP contribution is 2.36. The number of ether oxygens (including phenoxy) is 2. The predicted octanol–water partition coefficient (Wildman–Crippen LogP) is 4.49. The molecule has 1 saturated heterocycles. The van der Waals surface area contributed by atoms with Gasteiger partial charge in [-0.15, -0.1) is 0 Å². The number of aliphatic hydroxyl groups is 1. The summed E-state index contributed by atoms with van der Waals surface area (Å²) in [5.74, 6) is 0.619. The van der Waals surface area contributed by atoms with Crippen LogP contribution in [0.2, 0.25) is 0 Å². The van der Waals surface area contributed by atoms with Crippen molar-refractivity contribution in [2.24, 2.45) is 7.05 Å². The molecular weight excluding hydrogens is 598 g/mol. The maximum atomic E-state index is 13.9. The summed E-state index contributed by atoms with van der Waals surface area (Å²) in [5.41, 5.74) is 4.31. The summed E-state index contributed by atoms with van der Waals surface area (Å²) in [5, 5.41) is 13.8. The largest absolute Gasteiger partial charge is 0.491 e. The fraction of sp³-hybridized carbons (Fsp3) is 0.333. The molecule has 0 aliphatic carbocycles. The molecule has 2 aliphatic rings. The average Bonchev–Trinajstić information content (AvgIpc) is 3.24. The zero-order valence-electron chi connectivity index (χ0n) is 27.1. The van der Waals surface area contributed by atoms with Crippen LogP contribution in [0.3, 0.4) is 0 Å². The van der Waals surface area contributed by atoms with Crippen molar-refractivity contribution in [1.82, 2.24) is 14.5 Å². The van der Waals surface area contributed by atoms with Crippen LogP contribution in [-0.4, -0.2) is 70.8 Å². The van der Waals surface area contributed by atoms with Gasteiger partial charge in [-0.2, -0.15) is 0 Å². The second-order valence-corrected chi connectivity index (χ2v) is 12.7. The number of anilines is 3. The summed E-state index contributed by atoms with van der Waals surface area (Å²) in [7, 11) is 1.65. The number of aryl methyl sites for hydroxylation is 1. The van der Waals surface area contributed by atoms with Gasteiger partial charge >= 0.3 is 0 Å². The van der Waals surface area contributed by atoms with Gasteiger partial charge < -0.3 is 34.3 Å². The molecule has 11 nitrogen and oxygen atoms in total. The lowest BCUT2D eigenvalue weighted by Gasteiger charge is -2.26. The lowest BCUT2D eigenvalue weighted by atomic mass is 9.86. The van der Waals surface area contributed by atoms with Gasteiger partial charge in [0.25, 0.3) is 17.4 Å². The van der Waals surface area contributed by atoms with Crippen LogP contribution in [-0.2, 0) is 23.8 Å². The van der Waals surface area contributed by atoms with Crippen molar-refractivity contribution in [3.63, 3.8) is 0 Å². The highest BCUT2D eigenvalue weighted by molar-refractivity contribution is 6.09. The number of amides is 2. The van der Waals surface area contributed by atoms with Gasteiger partial charge in [0, 0.05) is 43.7 Å². The summed E-state index contributed by atoms with van der Waals surface area (Å²) in [4.78, 5) is 47.7. The number of rotatable bonds is 6. The third kappa shape index (κ3) is 6.49. The summed E-state index contributed by atoms with van der Waals surface area (Å²) >= 11 is 0. The number of fused-ring (bicyclic) bond motifs is 1. The summed E-state index contributed by atoms with van der Waals surface area (Å²) in [6, 6.07) is 16.2. The first-order valence-corrected chi connectivity index (χ1v) is 15.7. The Morgan fingerprint density at radius 2 is 1.77 bits per heavy atom. The van der Waals surface area contributed by atoms with Crippen molar-refractivity contribution in [3.05, 3.63) is 99.6 Å². The molecule has 11 heteroatoms. The van der Waals surface area contributed by atoms with E-state index in [9.17, 15) is 19.5 Å².